The zero-order chi connectivity index (χ0) is 31.1. The summed E-state index contributed by atoms with van der Waals surface area (Å²) in [5.74, 6) is -0.994. The van der Waals surface area contributed by atoms with Crippen LogP contribution in [0.4, 0.5) is 24.9 Å². The smallest absolute Gasteiger partial charge is 0.429 e. The van der Waals surface area contributed by atoms with Crippen LogP contribution in [0.15, 0.2) is 36.5 Å². The number of anilines is 2. The zero-order valence-corrected chi connectivity index (χ0v) is 24.9. The Morgan fingerprint density at radius 1 is 1.23 bits per heavy atom. The Bertz CT molecular complexity index is 1470. The molecule has 2 saturated heterocycles. The molecule has 2 aliphatic rings. The van der Waals surface area contributed by atoms with Crippen LogP contribution < -0.4 is 20.7 Å². The highest BCUT2D eigenvalue weighted by atomic mass is 35.5. The molecule has 0 radical (unpaired) electrons. The van der Waals surface area contributed by atoms with E-state index < -0.39 is 24.3 Å². The van der Waals surface area contributed by atoms with Crippen LogP contribution >= 0.6 is 11.6 Å². The number of aromatic nitrogens is 4. The van der Waals surface area contributed by atoms with E-state index >= 15 is 0 Å². The van der Waals surface area contributed by atoms with Crippen LogP contribution in [0.2, 0.25) is 5.02 Å². The molecule has 2 fully saturated rings. The van der Waals surface area contributed by atoms with Crippen molar-refractivity contribution in [3.05, 3.63) is 52.8 Å². The second-order valence-corrected chi connectivity index (χ2v) is 12.0. The first-order valence-corrected chi connectivity index (χ1v) is 14.6. The highest BCUT2D eigenvalue weighted by molar-refractivity contribution is 6.30. The first-order chi connectivity index (χ1) is 20.3. The number of nitrogens with two attached hydrogens (primary N) is 1. The number of carboxylic acids is 1. The number of benzene rings is 1. The number of aliphatic carboxylic acids is 1. The third-order valence-electron chi connectivity index (χ3n) is 8.51. The van der Waals surface area contributed by atoms with E-state index in [1.807, 2.05) is 25.7 Å². The summed E-state index contributed by atoms with van der Waals surface area (Å²) in [4.78, 5) is 21.8. The Kier molecular flexibility index (Phi) is 8.50. The molecular formula is C29H35ClF3N7O3. The van der Waals surface area contributed by atoms with E-state index in [9.17, 15) is 23.1 Å². The van der Waals surface area contributed by atoms with Gasteiger partial charge in [-0.3, -0.25) is 4.79 Å². The second kappa shape index (κ2) is 11.8. The van der Waals surface area contributed by atoms with Crippen LogP contribution in [0, 0.1) is 5.41 Å². The molecule has 2 aromatic heterocycles. The molecule has 1 aromatic carbocycles. The minimum absolute atomic E-state index is 0.0673. The van der Waals surface area contributed by atoms with E-state index in [4.69, 9.17) is 22.1 Å². The van der Waals surface area contributed by atoms with Gasteiger partial charge in [0.05, 0.1) is 11.4 Å². The number of nitrogens with zero attached hydrogens (tertiary/aromatic N) is 5. The van der Waals surface area contributed by atoms with E-state index in [2.05, 4.69) is 20.4 Å². The molecule has 4 N–H and O–H groups in total. The van der Waals surface area contributed by atoms with E-state index in [0.29, 0.717) is 43.9 Å². The maximum atomic E-state index is 14.6. The summed E-state index contributed by atoms with van der Waals surface area (Å²) < 4.78 is 50.7. The first-order valence-electron chi connectivity index (χ1n) is 14.3. The van der Waals surface area contributed by atoms with Crippen molar-refractivity contribution in [3.8, 4) is 11.6 Å². The van der Waals surface area contributed by atoms with Crippen molar-refractivity contribution in [2.75, 3.05) is 23.7 Å². The van der Waals surface area contributed by atoms with Crippen molar-refractivity contribution in [1.82, 2.24) is 25.1 Å². The predicted octanol–water partition coefficient (Wildman–Crippen LogP) is 5.52. The number of nitrogens with one attached hydrogen (secondary N) is 1. The van der Waals surface area contributed by atoms with Gasteiger partial charge in [-0.25, -0.2) is 4.68 Å². The number of nitrogen functional groups attached to an aromatic ring is 1. The fourth-order valence-electron chi connectivity index (χ4n) is 6.27. The monoisotopic (exact) mass is 621 g/mol. The molecule has 2 unspecified atom stereocenters. The highest BCUT2D eigenvalue weighted by Crippen LogP contribution is 2.46. The Morgan fingerprint density at radius 2 is 1.95 bits per heavy atom. The van der Waals surface area contributed by atoms with Gasteiger partial charge < -0.3 is 25.8 Å². The summed E-state index contributed by atoms with van der Waals surface area (Å²) in [6, 6.07) is 6.62. The largest absolute Gasteiger partial charge is 0.480 e. The van der Waals surface area contributed by atoms with Crippen molar-refractivity contribution >= 4 is 29.3 Å². The lowest BCUT2D eigenvalue weighted by atomic mass is 9.71. The van der Waals surface area contributed by atoms with Gasteiger partial charge in [-0.1, -0.05) is 38.4 Å². The summed E-state index contributed by atoms with van der Waals surface area (Å²) in [5.41, 5.74) is 6.42. The van der Waals surface area contributed by atoms with Crippen LogP contribution in [-0.2, 0) is 4.79 Å². The number of rotatable bonds is 8. The number of hydrogen-bond acceptors (Lipinski definition) is 8. The third kappa shape index (κ3) is 6.37. The number of ether oxygens (including phenoxy) is 1. The zero-order valence-electron chi connectivity index (χ0n) is 24.1. The van der Waals surface area contributed by atoms with E-state index in [-0.39, 0.29) is 45.5 Å². The average molecular weight is 622 g/mol. The number of piperidine rings is 1. The summed E-state index contributed by atoms with van der Waals surface area (Å²) in [7, 11) is 0. The Hall–Kier alpha value is -3.58. The summed E-state index contributed by atoms with van der Waals surface area (Å²) in [5, 5.41) is 17.5. The van der Waals surface area contributed by atoms with E-state index in [1.165, 1.54) is 28.9 Å². The molecule has 4 heterocycles. The van der Waals surface area contributed by atoms with Crippen LogP contribution in [0.1, 0.15) is 69.7 Å². The summed E-state index contributed by atoms with van der Waals surface area (Å²) in [6.45, 7) is 6.96. The SMILES string of the molecule is CCC1NC(C(=O)O)CC12CCN(c1cc(O[C@H](c3ccc(Cl)cc3-n3ccc(C(C)C)n3)C(F)(F)F)nc(N)n1)CC2. The standard InChI is InChI=1S/C29H35ClF3N7O3/c1-4-22-28(15-20(35-22)26(41)42)8-11-39(12-9-28)23-14-24(37-27(34)36-23)43-25(29(31,32)33)18-6-5-17(30)13-21(18)40-10-7-19(38-40)16(2)3/h5-7,10,13-14,16,20,22,25,35H,4,8-9,11-12,15H2,1-3H3,(H,41,42)(H2,34,36,37)/t20?,22?,25-/m1/s1. The van der Waals surface area contributed by atoms with Crippen molar-refractivity contribution in [1.29, 1.82) is 0 Å². The molecule has 10 nitrogen and oxygen atoms in total. The molecule has 43 heavy (non-hydrogen) atoms. The van der Waals surface area contributed by atoms with Crippen LogP contribution in [0.3, 0.4) is 0 Å². The predicted molar refractivity (Wildman–Crippen MR) is 156 cm³/mol. The molecule has 0 aliphatic carbocycles. The van der Waals surface area contributed by atoms with Crippen molar-refractivity contribution in [2.24, 2.45) is 5.41 Å². The molecule has 2 aliphatic heterocycles. The third-order valence-corrected chi connectivity index (χ3v) is 8.74. The number of carboxylic acid groups (broad SMARTS) is 1. The maximum Gasteiger partial charge on any atom is 0.429 e. The van der Waals surface area contributed by atoms with E-state index in [0.717, 1.165) is 6.42 Å². The lowest BCUT2D eigenvalue weighted by molar-refractivity contribution is -0.198. The number of halogens is 4. The molecule has 14 heteroatoms. The highest BCUT2D eigenvalue weighted by Gasteiger charge is 2.50. The lowest BCUT2D eigenvalue weighted by Gasteiger charge is -2.43. The van der Waals surface area contributed by atoms with Gasteiger partial charge in [0.25, 0.3) is 0 Å². The molecular weight excluding hydrogens is 587 g/mol. The normalized spacial score (nSPS) is 21.0. The topological polar surface area (TPSA) is 131 Å². The Labute approximate surface area is 252 Å². The number of alkyl halides is 3. The van der Waals surface area contributed by atoms with Gasteiger partial charge in [0.2, 0.25) is 17.9 Å². The first kappa shape index (κ1) is 30.9. The van der Waals surface area contributed by atoms with Gasteiger partial charge in [-0.2, -0.15) is 28.2 Å². The molecule has 3 aromatic rings. The molecule has 232 valence electrons. The van der Waals surface area contributed by atoms with Crippen molar-refractivity contribution < 1.29 is 27.8 Å². The van der Waals surface area contributed by atoms with Crippen molar-refractivity contribution in [2.45, 2.75) is 76.7 Å². The summed E-state index contributed by atoms with van der Waals surface area (Å²) >= 11 is 6.19. The van der Waals surface area contributed by atoms with Gasteiger partial charge in [0.15, 0.2) is 0 Å². The quantitative estimate of drug-likeness (QED) is 0.298. The lowest BCUT2D eigenvalue weighted by Crippen LogP contribution is -2.46. The van der Waals surface area contributed by atoms with Gasteiger partial charge in [0, 0.05) is 42.0 Å². The molecule has 0 bridgehead atoms. The average Bonchev–Trinajstić information content (AvgIpc) is 3.57. The fourth-order valence-corrected chi connectivity index (χ4v) is 6.43. The van der Waals surface area contributed by atoms with E-state index in [1.54, 1.807) is 12.3 Å². The van der Waals surface area contributed by atoms with Crippen LogP contribution in [-0.4, -0.2) is 62.2 Å². The minimum Gasteiger partial charge on any atom is -0.480 e. The van der Waals surface area contributed by atoms with Crippen LogP contribution in [0.5, 0.6) is 5.88 Å². The number of hydrogen-bond donors (Lipinski definition) is 3. The Morgan fingerprint density at radius 3 is 2.56 bits per heavy atom. The molecule has 0 amide bonds. The summed E-state index contributed by atoms with van der Waals surface area (Å²) in [6.07, 6.45) is -2.91. The fraction of sp³-hybridized carbons (Fsp3) is 0.517. The number of carbonyl (C=O) groups is 1. The van der Waals surface area contributed by atoms with Gasteiger partial charge >= 0.3 is 12.1 Å². The molecule has 1 spiro atoms. The van der Waals surface area contributed by atoms with Gasteiger partial charge in [-0.05, 0) is 55.2 Å². The van der Waals surface area contributed by atoms with Gasteiger partial charge in [0.1, 0.15) is 11.9 Å². The van der Waals surface area contributed by atoms with Crippen molar-refractivity contribution in [3.63, 3.8) is 0 Å². The molecule has 0 saturated carbocycles. The molecule has 3 atom stereocenters. The maximum absolute atomic E-state index is 14.6. The second-order valence-electron chi connectivity index (χ2n) is 11.6. The van der Waals surface area contributed by atoms with Gasteiger partial charge in [-0.15, -0.1) is 0 Å². The Balaban J connectivity index is 1.41. The molecule has 5 rings (SSSR count). The van der Waals surface area contributed by atoms with Crippen LogP contribution in [0.25, 0.3) is 5.69 Å². The minimum atomic E-state index is -4.82.